The van der Waals surface area contributed by atoms with Gasteiger partial charge in [-0.15, -0.1) is 0 Å². The third kappa shape index (κ3) is 2.94. The fourth-order valence-corrected chi connectivity index (χ4v) is 1.81. The Morgan fingerprint density at radius 2 is 2.29 bits per heavy atom. The molecule has 1 saturated carbocycles. The van der Waals surface area contributed by atoms with Crippen LogP contribution in [0.5, 0.6) is 0 Å². The van der Waals surface area contributed by atoms with Crippen LogP contribution < -0.4 is 4.90 Å². The highest BCUT2D eigenvalue weighted by Crippen LogP contribution is 2.31. The van der Waals surface area contributed by atoms with Crippen molar-refractivity contribution >= 4 is 11.6 Å². The van der Waals surface area contributed by atoms with Gasteiger partial charge in [-0.2, -0.15) is 0 Å². The van der Waals surface area contributed by atoms with Crippen LogP contribution in [0.2, 0.25) is 0 Å². The number of carbonyl (C=O) groups is 1. The van der Waals surface area contributed by atoms with E-state index in [1.165, 1.54) is 18.9 Å². The Morgan fingerprint density at radius 1 is 1.53 bits per heavy atom. The van der Waals surface area contributed by atoms with Gasteiger partial charge >= 0.3 is 0 Å². The molecule has 0 unspecified atom stereocenters. The van der Waals surface area contributed by atoms with E-state index in [9.17, 15) is 4.79 Å². The van der Waals surface area contributed by atoms with E-state index in [-0.39, 0.29) is 12.5 Å². The first-order chi connectivity index (χ1) is 8.24. The van der Waals surface area contributed by atoms with E-state index >= 15 is 0 Å². The van der Waals surface area contributed by atoms with E-state index in [1.807, 2.05) is 24.3 Å². The van der Waals surface area contributed by atoms with Crippen LogP contribution in [-0.4, -0.2) is 17.6 Å². The van der Waals surface area contributed by atoms with Crippen molar-refractivity contribution < 1.29 is 9.90 Å². The molecule has 0 bridgehead atoms. The van der Waals surface area contributed by atoms with Gasteiger partial charge in [0.2, 0.25) is 5.91 Å². The average Bonchev–Trinajstić information content (AvgIpc) is 3.19. The molecule has 2 rings (SSSR count). The smallest absolute Gasteiger partial charge is 0.250 e. The van der Waals surface area contributed by atoms with Gasteiger partial charge in [0.15, 0.2) is 0 Å². The Kier molecular flexibility index (Phi) is 3.59. The fourth-order valence-electron chi connectivity index (χ4n) is 1.81. The summed E-state index contributed by atoms with van der Waals surface area (Å²) in [7, 11) is 0. The van der Waals surface area contributed by atoms with Gasteiger partial charge in [0, 0.05) is 12.2 Å². The van der Waals surface area contributed by atoms with Gasteiger partial charge in [-0.1, -0.05) is 18.7 Å². The molecule has 0 aromatic heterocycles. The minimum atomic E-state index is -0.0769. The number of nitrogens with zero attached hydrogens (tertiary/aromatic N) is 1. The predicted molar refractivity (Wildman–Crippen MR) is 67.6 cm³/mol. The van der Waals surface area contributed by atoms with Crippen LogP contribution in [0.3, 0.4) is 0 Å². The van der Waals surface area contributed by atoms with Crippen LogP contribution in [-0.2, 0) is 11.4 Å². The molecule has 1 aromatic rings. The van der Waals surface area contributed by atoms with Crippen molar-refractivity contribution in [2.24, 2.45) is 5.92 Å². The zero-order chi connectivity index (χ0) is 12.3. The number of anilines is 1. The van der Waals surface area contributed by atoms with Crippen LogP contribution >= 0.6 is 0 Å². The zero-order valence-electron chi connectivity index (χ0n) is 9.80. The molecule has 0 aliphatic heterocycles. The molecule has 1 amide bonds. The Balaban J connectivity index is 2.22. The van der Waals surface area contributed by atoms with E-state index in [1.54, 1.807) is 4.90 Å². The Bertz CT molecular complexity index is 424. The minimum absolute atomic E-state index is 0.00656. The number of amides is 1. The van der Waals surface area contributed by atoms with Crippen LogP contribution in [0.15, 0.2) is 36.9 Å². The lowest BCUT2D eigenvalue weighted by atomic mass is 10.2. The van der Waals surface area contributed by atoms with Gasteiger partial charge < -0.3 is 10.0 Å². The molecule has 1 fully saturated rings. The second-order valence-electron chi connectivity index (χ2n) is 4.42. The summed E-state index contributed by atoms with van der Waals surface area (Å²) in [5.41, 5.74) is 1.66. The summed E-state index contributed by atoms with van der Waals surface area (Å²) in [4.78, 5) is 13.6. The maximum absolute atomic E-state index is 11.8. The number of hydrogen-bond donors (Lipinski definition) is 1. The van der Waals surface area contributed by atoms with Gasteiger partial charge in [-0.05, 0) is 42.5 Å². The Morgan fingerprint density at radius 3 is 2.88 bits per heavy atom. The molecule has 3 nitrogen and oxygen atoms in total. The Labute approximate surface area is 101 Å². The highest BCUT2D eigenvalue weighted by Gasteiger charge is 2.26. The van der Waals surface area contributed by atoms with Crippen LogP contribution in [0, 0.1) is 5.92 Å². The van der Waals surface area contributed by atoms with E-state index < -0.39 is 0 Å². The molecule has 0 spiro atoms. The quantitative estimate of drug-likeness (QED) is 0.788. The largest absolute Gasteiger partial charge is 0.392 e. The molecule has 90 valence electrons. The second kappa shape index (κ2) is 5.15. The lowest BCUT2D eigenvalue weighted by Gasteiger charge is -2.21. The molecule has 17 heavy (non-hydrogen) atoms. The molecule has 1 aliphatic carbocycles. The Hall–Kier alpha value is -1.61. The van der Waals surface area contributed by atoms with Crippen molar-refractivity contribution in [1.82, 2.24) is 0 Å². The van der Waals surface area contributed by atoms with Crippen LogP contribution in [0.25, 0.3) is 0 Å². The lowest BCUT2D eigenvalue weighted by Crippen LogP contribution is -2.31. The lowest BCUT2D eigenvalue weighted by molar-refractivity contribution is -0.114. The maximum Gasteiger partial charge on any atom is 0.250 e. The van der Waals surface area contributed by atoms with Crippen LogP contribution in [0.1, 0.15) is 18.4 Å². The normalized spacial score (nSPS) is 14.4. The van der Waals surface area contributed by atoms with Gasteiger partial charge in [-0.3, -0.25) is 4.79 Å². The number of benzene rings is 1. The van der Waals surface area contributed by atoms with Crippen molar-refractivity contribution in [3.63, 3.8) is 0 Å². The van der Waals surface area contributed by atoms with Crippen molar-refractivity contribution in [2.75, 3.05) is 11.4 Å². The topological polar surface area (TPSA) is 40.5 Å². The summed E-state index contributed by atoms with van der Waals surface area (Å²) in [5, 5.41) is 9.11. The predicted octanol–water partition coefficient (Wildman–Crippen LogP) is 2.11. The molecule has 0 saturated heterocycles. The first-order valence-electron chi connectivity index (χ1n) is 5.88. The highest BCUT2D eigenvalue weighted by atomic mass is 16.3. The van der Waals surface area contributed by atoms with E-state index in [4.69, 9.17) is 5.11 Å². The molecule has 3 heteroatoms. The SMILES string of the molecule is C=CC(=O)N(CC1CC1)c1cccc(CO)c1. The molecule has 0 radical (unpaired) electrons. The summed E-state index contributed by atoms with van der Waals surface area (Å²) in [5.74, 6) is 0.545. The van der Waals surface area contributed by atoms with Crippen molar-refractivity contribution in [2.45, 2.75) is 19.4 Å². The number of carbonyl (C=O) groups excluding carboxylic acids is 1. The van der Waals surface area contributed by atoms with Crippen molar-refractivity contribution in [3.05, 3.63) is 42.5 Å². The summed E-state index contributed by atoms with van der Waals surface area (Å²) in [6.07, 6.45) is 3.73. The molecule has 1 aromatic carbocycles. The first kappa shape index (κ1) is 11.9. The summed E-state index contributed by atoms with van der Waals surface area (Å²) >= 11 is 0. The highest BCUT2D eigenvalue weighted by molar-refractivity contribution is 6.01. The zero-order valence-corrected chi connectivity index (χ0v) is 9.80. The maximum atomic E-state index is 11.8. The summed E-state index contributed by atoms with van der Waals surface area (Å²) in [6, 6.07) is 7.45. The summed E-state index contributed by atoms with van der Waals surface area (Å²) in [6.45, 7) is 4.28. The summed E-state index contributed by atoms with van der Waals surface area (Å²) < 4.78 is 0. The second-order valence-corrected chi connectivity index (χ2v) is 4.42. The van der Waals surface area contributed by atoms with Gasteiger partial charge in [0.05, 0.1) is 6.61 Å². The van der Waals surface area contributed by atoms with Crippen LogP contribution in [0.4, 0.5) is 5.69 Å². The average molecular weight is 231 g/mol. The molecule has 0 atom stereocenters. The van der Waals surface area contributed by atoms with Crippen molar-refractivity contribution in [1.29, 1.82) is 0 Å². The standard InChI is InChI=1S/C14H17NO2/c1-2-14(17)15(9-11-6-7-11)13-5-3-4-12(8-13)10-16/h2-5,8,11,16H,1,6-7,9-10H2. The molecule has 0 heterocycles. The number of hydrogen-bond acceptors (Lipinski definition) is 2. The molecule has 1 aliphatic rings. The number of rotatable bonds is 5. The van der Waals surface area contributed by atoms with E-state index in [0.717, 1.165) is 17.8 Å². The minimum Gasteiger partial charge on any atom is -0.392 e. The molecular formula is C14H17NO2. The molecule has 1 N–H and O–H groups in total. The van der Waals surface area contributed by atoms with Crippen molar-refractivity contribution in [3.8, 4) is 0 Å². The number of aliphatic hydroxyl groups is 1. The first-order valence-corrected chi connectivity index (χ1v) is 5.88. The van der Waals surface area contributed by atoms with Gasteiger partial charge in [-0.25, -0.2) is 0 Å². The third-order valence-electron chi connectivity index (χ3n) is 2.98. The fraction of sp³-hybridized carbons (Fsp3) is 0.357. The van der Waals surface area contributed by atoms with Gasteiger partial charge in [0.1, 0.15) is 0 Å². The monoisotopic (exact) mass is 231 g/mol. The van der Waals surface area contributed by atoms with E-state index in [0.29, 0.717) is 5.92 Å². The number of aliphatic hydroxyl groups excluding tert-OH is 1. The van der Waals surface area contributed by atoms with Gasteiger partial charge in [0.25, 0.3) is 0 Å². The third-order valence-corrected chi connectivity index (χ3v) is 2.98. The molecular weight excluding hydrogens is 214 g/mol. The van der Waals surface area contributed by atoms with E-state index in [2.05, 4.69) is 6.58 Å².